The van der Waals surface area contributed by atoms with Gasteiger partial charge in [-0.25, -0.2) is 17.6 Å². The summed E-state index contributed by atoms with van der Waals surface area (Å²) in [7, 11) is 0. The molecule has 0 fully saturated rings. The Bertz CT molecular complexity index is 3650. The molecule has 0 aromatic heterocycles. The van der Waals surface area contributed by atoms with Gasteiger partial charge in [-0.3, -0.25) is 0 Å². The van der Waals surface area contributed by atoms with Crippen LogP contribution >= 0.6 is 0 Å². The predicted octanol–water partition coefficient (Wildman–Crippen LogP) is 20.0. The van der Waals surface area contributed by atoms with Gasteiger partial charge < -0.3 is 9.80 Å². The summed E-state index contributed by atoms with van der Waals surface area (Å²) in [6, 6.07) is 69.7. The molecular weight excluding hydrogens is 921 g/mol. The summed E-state index contributed by atoms with van der Waals surface area (Å²) in [5, 5.41) is 5.43. The van der Waals surface area contributed by atoms with Crippen LogP contribution in [0.3, 0.4) is 0 Å². The van der Waals surface area contributed by atoms with Crippen molar-refractivity contribution in [3.05, 3.63) is 264 Å². The van der Waals surface area contributed by atoms with Gasteiger partial charge in [-0.05, 0) is 167 Å². The minimum absolute atomic E-state index is 0.311. The average molecular weight is 969 g/mol. The Morgan fingerprint density at radius 2 is 0.500 bits per heavy atom. The van der Waals surface area contributed by atoms with E-state index in [1.807, 2.05) is 21.9 Å². The van der Waals surface area contributed by atoms with Crippen LogP contribution in [0.2, 0.25) is 0 Å². The molecule has 12 aromatic carbocycles. The van der Waals surface area contributed by atoms with Crippen LogP contribution in [-0.4, -0.2) is 0 Å². The van der Waals surface area contributed by atoms with E-state index in [1.165, 1.54) is 24.3 Å². The van der Waals surface area contributed by atoms with E-state index in [0.717, 1.165) is 111 Å². The van der Waals surface area contributed by atoms with Crippen molar-refractivity contribution in [3.63, 3.8) is 0 Å². The Morgan fingerprint density at radius 1 is 0.243 bits per heavy atom. The van der Waals surface area contributed by atoms with Crippen molar-refractivity contribution in [1.82, 2.24) is 0 Å². The van der Waals surface area contributed by atoms with Crippen LogP contribution in [0.4, 0.5) is 51.7 Å². The Labute approximate surface area is 428 Å². The van der Waals surface area contributed by atoms with E-state index >= 15 is 17.6 Å². The largest absolute Gasteiger partial charge is 0.310 e. The molecule has 74 heavy (non-hydrogen) atoms. The molecule has 0 saturated carbocycles. The molecular formula is C68H48F4N2. The first-order valence-corrected chi connectivity index (χ1v) is 24.7. The van der Waals surface area contributed by atoms with Crippen molar-refractivity contribution in [3.8, 4) is 44.5 Å². The number of benzene rings is 12. The number of hydrogen-bond acceptors (Lipinski definition) is 2. The number of rotatable bonds is 10. The second-order valence-corrected chi connectivity index (χ2v) is 19.5. The zero-order chi connectivity index (χ0) is 50.8. The fraction of sp³-hybridized carbons (Fsp3) is 0.0588. The van der Waals surface area contributed by atoms with Gasteiger partial charge in [0.25, 0.3) is 0 Å². The lowest BCUT2D eigenvalue weighted by molar-refractivity contribution is 0.583. The van der Waals surface area contributed by atoms with Gasteiger partial charge in [0.2, 0.25) is 0 Å². The number of hydrogen-bond donors (Lipinski definition) is 0. The molecule has 12 aromatic rings. The zero-order valence-electron chi connectivity index (χ0n) is 41.2. The molecule has 0 unspecified atom stereocenters. The number of halogens is 4. The van der Waals surface area contributed by atoms with Gasteiger partial charge in [0.1, 0.15) is 23.3 Å². The molecule has 0 amide bonds. The fourth-order valence-electron chi connectivity index (χ4n) is 10.5. The predicted molar refractivity (Wildman–Crippen MR) is 300 cm³/mol. The van der Waals surface area contributed by atoms with E-state index in [9.17, 15) is 0 Å². The summed E-state index contributed by atoms with van der Waals surface area (Å²) in [6.07, 6.45) is 0. The number of anilines is 6. The molecule has 0 radical (unpaired) electrons. The molecule has 0 bridgehead atoms. The van der Waals surface area contributed by atoms with Gasteiger partial charge in [-0.2, -0.15) is 0 Å². The minimum Gasteiger partial charge on any atom is -0.310 e. The molecule has 0 atom stereocenters. The van der Waals surface area contributed by atoms with E-state index < -0.39 is 23.3 Å². The standard InChI is InChI=1S/C68H48F4N2/c1-41-5-13-45(14-6-41)51-29-52(46-15-7-42(2)8-16-46)32-59(31-51)73(61-37-55(69)35-56(70)38-61)65-27-23-49-22-26-64-66(28-24-50-21-25-63(65)67(49)68(50)64)74(62-39-57(71)36-58(72)40-62)60-33-53(47-17-9-43(3)10-18-47)30-54(34-60)48-19-11-44(4)12-20-48/h5-40H,1-4H3. The average Bonchev–Trinajstić information content (AvgIpc) is 3.40. The van der Waals surface area contributed by atoms with Crippen LogP contribution in [0.1, 0.15) is 22.3 Å². The fourth-order valence-corrected chi connectivity index (χ4v) is 10.5. The first-order valence-electron chi connectivity index (χ1n) is 24.7. The van der Waals surface area contributed by atoms with Crippen molar-refractivity contribution in [2.24, 2.45) is 0 Å². The third-order valence-electron chi connectivity index (χ3n) is 14.2. The summed E-state index contributed by atoms with van der Waals surface area (Å²) in [4.78, 5) is 3.89. The van der Waals surface area contributed by atoms with Crippen molar-refractivity contribution in [1.29, 1.82) is 0 Å². The lowest BCUT2D eigenvalue weighted by Crippen LogP contribution is -2.13. The summed E-state index contributed by atoms with van der Waals surface area (Å²) in [5.41, 5.74) is 15.7. The molecule has 0 N–H and O–H groups in total. The molecule has 0 aliphatic heterocycles. The SMILES string of the molecule is Cc1ccc(-c2cc(-c3ccc(C)cc3)cc(N(c3cc(F)cc(F)c3)c3ccc4ccc5c(N(c6cc(F)cc(F)c6)c6cc(-c7ccc(C)cc7)cc(-c7ccc(C)cc7)c6)ccc6ccc3c4c65)c2)cc1. The Kier molecular flexibility index (Phi) is 11.6. The van der Waals surface area contributed by atoms with Gasteiger partial charge in [0, 0.05) is 34.3 Å². The van der Waals surface area contributed by atoms with Crippen LogP contribution < -0.4 is 9.80 Å². The second kappa shape index (κ2) is 18.6. The second-order valence-electron chi connectivity index (χ2n) is 19.5. The first kappa shape index (κ1) is 46.1. The van der Waals surface area contributed by atoms with Crippen LogP contribution in [0.15, 0.2) is 218 Å². The summed E-state index contributed by atoms with van der Waals surface area (Å²) >= 11 is 0. The maximum absolute atomic E-state index is 15.6. The van der Waals surface area contributed by atoms with Crippen molar-refractivity contribution < 1.29 is 17.6 Å². The van der Waals surface area contributed by atoms with Crippen LogP contribution in [0.5, 0.6) is 0 Å². The normalized spacial score (nSPS) is 11.5. The van der Waals surface area contributed by atoms with E-state index in [-0.39, 0.29) is 0 Å². The Morgan fingerprint density at radius 3 is 0.784 bits per heavy atom. The van der Waals surface area contributed by atoms with E-state index in [1.54, 1.807) is 0 Å². The number of aryl methyl sites for hydroxylation is 4. The van der Waals surface area contributed by atoms with Crippen LogP contribution in [0.25, 0.3) is 76.8 Å². The highest BCUT2D eigenvalue weighted by molar-refractivity contribution is 6.28. The molecule has 0 saturated heterocycles. The van der Waals surface area contributed by atoms with Crippen LogP contribution in [-0.2, 0) is 0 Å². The topological polar surface area (TPSA) is 6.48 Å². The molecule has 0 aliphatic rings. The lowest BCUT2D eigenvalue weighted by Gasteiger charge is -2.30. The number of nitrogens with zero attached hydrogens (tertiary/aromatic N) is 2. The first-order chi connectivity index (χ1) is 35.9. The van der Waals surface area contributed by atoms with Crippen molar-refractivity contribution in [2.45, 2.75) is 27.7 Å². The minimum atomic E-state index is -0.702. The lowest BCUT2D eigenvalue weighted by atomic mass is 9.91. The van der Waals surface area contributed by atoms with E-state index in [2.05, 4.69) is 198 Å². The van der Waals surface area contributed by atoms with Crippen molar-refractivity contribution in [2.75, 3.05) is 9.80 Å². The maximum Gasteiger partial charge on any atom is 0.128 e. The third kappa shape index (κ3) is 8.68. The quantitative estimate of drug-likeness (QED) is 0.0995. The molecule has 6 heteroatoms. The molecule has 0 heterocycles. The molecule has 0 spiro atoms. The summed E-state index contributed by atoms with van der Waals surface area (Å²) in [5.74, 6) is -2.81. The molecule has 2 nitrogen and oxygen atoms in total. The highest BCUT2D eigenvalue weighted by atomic mass is 19.1. The van der Waals surface area contributed by atoms with Crippen LogP contribution in [0, 0.1) is 51.0 Å². The zero-order valence-corrected chi connectivity index (χ0v) is 41.2. The third-order valence-corrected chi connectivity index (χ3v) is 14.2. The summed E-state index contributed by atoms with van der Waals surface area (Å²) < 4.78 is 62.5. The van der Waals surface area contributed by atoms with Gasteiger partial charge in [0.15, 0.2) is 0 Å². The van der Waals surface area contributed by atoms with Gasteiger partial charge in [0.05, 0.1) is 22.7 Å². The van der Waals surface area contributed by atoms with E-state index in [0.29, 0.717) is 34.1 Å². The molecule has 12 rings (SSSR count). The van der Waals surface area contributed by atoms with Gasteiger partial charge in [-0.1, -0.05) is 156 Å². The Hall–Kier alpha value is -9.00. The Balaban J connectivity index is 1.11. The highest BCUT2D eigenvalue weighted by Gasteiger charge is 2.25. The van der Waals surface area contributed by atoms with Gasteiger partial charge in [-0.15, -0.1) is 0 Å². The smallest absolute Gasteiger partial charge is 0.128 e. The molecule has 358 valence electrons. The maximum atomic E-state index is 15.6. The molecule has 0 aliphatic carbocycles. The monoisotopic (exact) mass is 968 g/mol. The van der Waals surface area contributed by atoms with E-state index in [4.69, 9.17) is 0 Å². The van der Waals surface area contributed by atoms with Gasteiger partial charge >= 0.3 is 0 Å². The van der Waals surface area contributed by atoms with Crippen molar-refractivity contribution >= 4 is 66.4 Å². The highest BCUT2D eigenvalue weighted by Crippen LogP contribution is 2.49. The summed E-state index contributed by atoms with van der Waals surface area (Å²) in [6.45, 7) is 8.22.